The van der Waals surface area contributed by atoms with Gasteiger partial charge >= 0.3 is 6.09 Å². The van der Waals surface area contributed by atoms with Gasteiger partial charge in [0.25, 0.3) is 0 Å². The maximum atomic E-state index is 12.8. The van der Waals surface area contributed by atoms with Crippen LogP contribution in [-0.2, 0) is 19.4 Å². The first-order chi connectivity index (χ1) is 12.4. The molecule has 0 bridgehead atoms. The Balaban J connectivity index is 2.07. The van der Waals surface area contributed by atoms with Crippen LogP contribution in [-0.4, -0.2) is 31.9 Å². The van der Waals surface area contributed by atoms with E-state index in [0.717, 1.165) is 18.4 Å². The van der Waals surface area contributed by atoms with Crippen LogP contribution >= 0.6 is 11.6 Å². The lowest BCUT2D eigenvalue weighted by atomic mass is 9.74. The molecule has 1 N–H and O–H groups in total. The van der Waals surface area contributed by atoms with Crippen LogP contribution in [0.15, 0.2) is 24.3 Å². The van der Waals surface area contributed by atoms with E-state index < -0.39 is 31.3 Å². The van der Waals surface area contributed by atoms with Crippen molar-refractivity contribution in [3.05, 3.63) is 34.9 Å². The molecule has 3 atom stereocenters. The van der Waals surface area contributed by atoms with Crippen LogP contribution in [0.3, 0.4) is 0 Å². The van der Waals surface area contributed by atoms with E-state index in [-0.39, 0.29) is 6.10 Å². The quantitative estimate of drug-likeness (QED) is 0.547. The maximum Gasteiger partial charge on any atom is 0.408 e. The van der Waals surface area contributed by atoms with Crippen molar-refractivity contribution >= 4 is 26.0 Å². The molecule has 1 aromatic carbocycles. The topological polar surface area (TPSA) is 60.1 Å². The number of alkyl carbamates (subject to hydrolysis) is 1. The summed E-state index contributed by atoms with van der Waals surface area (Å²) >= 11 is 6.59. The normalized spacial score (nSPS) is 30.4. The first kappa shape index (κ1) is 20.6. The summed E-state index contributed by atoms with van der Waals surface area (Å²) in [5.74, 6) is -0.891. The van der Waals surface area contributed by atoms with Crippen molar-refractivity contribution in [2.75, 3.05) is 0 Å². The van der Waals surface area contributed by atoms with Crippen LogP contribution in [0, 0.1) is 0 Å². The molecule has 1 aromatic rings. The second kappa shape index (κ2) is 6.76. The van der Waals surface area contributed by atoms with Gasteiger partial charge in [-0.25, -0.2) is 4.79 Å². The van der Waals surface area contributed by atoms with E-state index in [2.05, 4.69) is 25.0 Å². The van der Waals surface area contributed by atoms with Gasteiger partial charge in [0.15, 0.2) is 8.32 Å². The van der Waals surface area contributed by atoms with Crippen LogP contribution in [0.1, 0.15) is 45.6 Å². The molecule has 3 unspecified atom stereocenters. The Labute approximate surface area is 167 Å². The fourth-order valence-corrected chi connectivity index (χ4v) is 5.55. The smallest absolute Gasteiger partial charge is 0.408 e. The van der Waals surface area contributed by atoms with Crippen molar-refractivity contribution in [3.8, 4) is 0 Å². The standard InChI is InChI=1S/C20H30ClNO4Si/c1-18(2,3)25-17(23)22-19(14-10-7-8-11-15(14)21)13-9-12-16-20(19,24-16)26-27(4,5)6/h7-8,10-11,16H,9,12-13H2,1-6H3,(H,22,23). The Hall–Kier alpha value is -1.08. The van der Waals surface area contributed by atoms with E-state index in [1.165, 1.54) is 0 Å². The third-order valence-electron chi connectivity index (χ3n) is 4.80. The number of carbonyl (C=O) groups is 1. The Morgan fingerprint density at radius 1 is 1.30 bits per heavy atom. The van der Waals surface area contributed by atoms with Gasteiger partial charge in [-0.3, -0.25) is 0 Å². The SMILES string of the molecule is CC(C)(C)OC(=O)NC1(c2ccccc2Cl)CCCC2OC21O[Si](C)(C)C. The second-order valence-electron chi connectivity index (χ2n) is 9.39. The van der Waals surface area contributed by atoms with Gasteiger partial charge in [0.05, 0.1) is 0 Å². The number of benzene rings is 1. The van der Waals surface area contributed by atoms with Crippen LogP contribution in [0.5, 0.6) is 0 Å². The van der Waals surface area contributed by atoms with E-state index in [1.807, 2.05) is 45.0 Å². The highest BCUT2D eigenvalue weighted by Crippen LogP contribution is 2.60. The Bertz CT molecular complexity index is 729. The number of nitrogens with one attached hydrogen (secondary N) is 1. The molecular formula is C20H30ClNO4Si. The summed E-state index contributed by atoms with van der Waals surface area (Å²) in [4.78, 5) is 12.8. The zero-order chi connectivity index (χ0) is 20.1. The predicted molar refractivity (Wildman–Crippen MR) is 108 cm³/mol. The minimum Gasteiger partial charge on any atom is -0.444 e. The summed E-state index contributed by atoms with van der Waals surface area (Å²) in [7, 11) is -1.97. The van der Waals surface area contributed by atoms with E-state index in [4.69, 9.17) is 25.5 Å². The first-order valence-corrected chi connectivity index (χ1v) is 13.3. The molecule has 5 nitrogen and oxygen atoms in total. The van der Waals surface area contributed by atoms with Crippen molar-refractivity contribution < 1.29 is 18.7 Å². The van der Waals surface area contributed by atoms with Crippen molar-refractivity contribution in [3.63, 3.8) is 0 Å². The van der Waals surface area contributed by atoms with E-state index in [1.54, 1.807) is 0 Å². The molecule has 0 spiro atoms. The van der Waals surface area contributed by atoms with Gasteiger partial charge in [0.1, 0.15) is 17.2 Å². The Morgan fingerprint density at radius 3 is 2.56 bits per heavy atom. The summed E-state index contributed by atoms with van der Waals surface area (Å²) in [6.07, 6.45) is 1.95. The molecule has 3 rings (SSSR count). The van der Waals surface area contributed by atoms with Gasteiger partial charge in [-0.1, -0.05) is 29.8 Å². The molecular weight excluding hydrogens is 382 g/mol. The van der Waals surface area contributed by atoms with Crippen molar-refractivity contribution in [1.29, 1.82) is 0 Å². The van der Waals surface area contributed by atoms with Crippen molar-refractivity contribution in [2.24, 2.45) is 0 Å². The highest BCUT2D eigenvalue weighted by atomic mass is 35.5. The highest BCUT2D eigenvalue weighted by molar-refractivity contribution is 6.69. The van der Waals surface area contributed by atoms with Gasteiger partial charge in [0, 0.05) is 10.6 Å². The molecule has 2 aliphatic rings. The molecule has 0 aromatic heterocycles. The zero-order valence-electron chi connectivity index (χ0n) is 17.0. The summed E-state index contributed by atoms with van der Waals surface area (Å²) in [6.45, 7) is 11.9. The molecule has 1 aliphatic heterocycles. The van der Waals surface area contributed by atoms with E-state index >= 15 is 0 Å². The van der Waals surface area contributed by atoms with Crippen LogP contribution in [0.4, 0.5) is 4.79 Å². The van der Waals surface area contributed by atoms with Gasteiger partial charge in [-0.15, -0.1) is 0 Å². The number of rotatable bonds is 4. The molecule has 1 saturated heterocycles. The number of carbonyl (C=O) groups excluding carboxylic acids is 1. The molecule has 1 heterocycles. The fourth-order valence-electron chi connectivity index (χ4n) is 3.98. The first-order valence-electron chi connectivity index (χ1n) is 9.53. The molecule has 2 fully saturated rings. The van der Waals surface area contributed by atoms with Crippen molar-refractivity contribution in [2.45, 2.75) is 82.7 Å². The number of hydrogen-bond acceptors (Lipinski definition) is 4. The van der Waals surface area contributed by atoms with Gasteiger partial charge in [-0.05, 0) is 65.7 Å². The third kappa shape index (κ3) is 4.04. The van der Waals surface area contributed by atoms with E-state index in [0.29, 0.717) is 11.4 Å². The van der Waals surface area contributed by atoms with E-state index in [9.17, 15) is 4.79 Å². The molecule has 1 amide bonds. The summed E-state index contributed by atoms with van der Waals surface area (Å²) in [5.41, 5.74) is -0.661. The molecule has 1 aliphatic carbocycles. The second-order valence-corrected chi connectivity index (χ2v) is 14.2. The lowest BCUT2D eigenvalue weighted by Gasteiger charge is -2.45. The van der Waals surface area contributed by atoms with Gasteiger partial charge in [0.2, 0.25) is 5.79 Å². The number of amides is 1. The van der Waals surface area contributed by atoms with Crippen LogP contribution < -0.4 is 5.32 Å². The number of epoxide rings is 1. The van der Waals surface area contributed by atoms with Gasteiger partial charge < -0.3 is 19.2 Å². The minimum atomic E-state index is -1.97. The predicted octanol–water partition coefficient (Wildman–Crippen LogP) is 5.19. The summed E-state index contributed by atoms with van der Waals surface area (Å²) in [6, 6.07) is 7.59. The van der Waals surface area contributed by atoms with Crippen LogP contribution in [0.2, 0.25) is 24.7 Å². The highest BCUT2D eigenvalue weighted by Gasteiger charge is 2.74. The molecule has 27 heavy (non-hydrogen) atoms. The zero-order valence-corrected chi connectivity index (χ0v) is 18.8. The largest absolute Gasteiger partial charge is 0.444 e. The average Bonchev–Trinajstić information content (AvgIpc) is 3.18. The Kier molecular flexibility index (Phi) is 5.17. The lowest BCUT2D eigenvalue weighted by molar-refractivity contribution is -0.0515. The minimum absolute atomic E-state index is 0.0517. The summed E-state index contributed by atoms with van der Waals surface area (Å²) < 4.78 is 18.3. The molecule has 150 valence electrons. The number of ether oxygens (including phenoxy) is 2. The molecule has 1 saturated carbocycles. The summed E-state index contributed by atoms with van der Waals surface area (Å²) in [5, 5.41) is 3.71. The monoisotopic (exact) mass is 411 g/mol. The molecule has 7 heteroatoms. The Morgan fingerprint density at radius 2 is 1.96 bits per heavy atom. The third-order valence-corrected chi connectivity index (χ3v) is 6.05. The molecule has 0 radical (unpaired) electrons. The average molecular weight is 412 g/mol. The maximum absolute atomic E-state index is 12.8. The number of fused-ring (bicyclic) bond motifs is 1. The number of halogens is 1. The fraction of sp³-hybridized carbons (Fsp3) is 0.650. The van der Waals surface area contributed by atoms with Crippen LogP contribution in [0.25, 0.3) is 0 Å². The lowest BCUT2D eigenvalue weighted by Crippen LogP contribution is -2.62. The van der Waals surface area contributed by atoms with Crippen molar-refractivity contribution in [1.82, 2.24) is 5.32 Å². The number of hydrogen-bond donors (Lipinski definition) is 1. The van der Waals surface area contributed by atoms with Gasteiger partial charge in [-0.2, -0.15) is 0 Å².